The number of benzene rings is 2. The fraction of sp³-hybridized carbons (Fsp3) is 0.278. The van der Waals surface area contributed by atoms with Gasteiger partial charge in [-0.05, 0) is 29.8 Å². The third-order valence-electron chi connectivity index (χ3n) is 3.70. The van der Waals surface area contributed by atoms with Crippen LogP contribution in [0.25, 0.3) is 0 Å². The summed E-state index contributed by atoms with van der Waals surface area (Å²) < 4.78 is 47.5. The molecular weight excluding hydrogens is 381 g/mol. The number of nitrogens with one attached hydrogen (secondary N) is 1. The van der Waals surface area contributed by atoms with E-state index in [1.165, 1.54) is 31.4 Å². The van der Waals surface area contributed by atoms with Gasteiger partial charge in [0.05, 0.1) is 22.7 Å². The van der Waals surface area contributed by atoms with Gasteiger partial charge in [0.2, 0.25) is 0 Å². The Kier molecular flexibility index (Phi) is 6.94. The predicted octanol–water partition coefficient (Wildman–Crippen LogP) is 4.03. The van der Waals surface area contributed by atoms with E-state index in [1.807, 2.05) is 0 Å². The molecule has 0 bridgehead atoms. The minimum atomic E-state index is -4.45. The Bertz CT molecular complexity index is 838. The molecule has 0 aliphatic rings. The monoisotopic (exact) mass is 398 g/mol. The third-order valence-corrected chi connectivity index (χ3v) is 3.70. The van der Waals surface area contributed by atoms with Crippen LogP contribution in [0.3, 0.4) is 0 Å². The summed E-state index contributed by atoms with van der Waals surface area (Å²) in [7, 11) is 1.49. The smallest absolute Gasteiger partial charge is 0.416 e. The second-order valence-corrected chi connectivity index (χ2v) is 5.68. The average molecular weight is 398 g/mol. The van der Waals surface area contributed by atoms with Gasteiger partial charge in [0.1, 0.15) is 12.3 Å². The van der Waals surface area contributed by atoms with Crippen LogP contribution in [0, 0.1) is 10.1 Å². The van der Waals surface area contributed by atoms with E-state index in [4.69, 9.17) is 9.47 Å². The van der Waals surface area contributed by atoms with E-state index >= 15 is 0 Å². The maximum Gasteiger partial charge on any atom is 0.416 e. The highest BCUT2D eigenvalue weighted by atomic mass is 19.4. The van der Waals surface area contributed by atoms with Gasteiger partial charge >= 0.3 is 12.1 Å². The van der Waals surface area contributed by atoms with Crippen LogP contribution in [0.2, 0.25) is 0 Å². The first-order valence-corrected chi connectivity index (χ1v) is 8.07. The Hall–Kier alpha value is -3.14. The topological polar surface area (TPSA) is 90.7 Å². The fourth-order valence-corrected chi connectivity index (χ4v) is 2.27. The van der Waals surface area contributed by atoms with Gasteiger partial charge in [-0.25, -0.2) is 4.79 Å². The van der Waals surface area contributed by atoms with Crippen molar-refractivity contribution in [1.29, 1.82) is 0 Å². The van der Waals surface area contributed by atoms with Gasteiger partial charge in [-0.1, -0.05) is 12.1 Å². The lowest BCUT2D eigenvalue weighted by Gasteiger charge is -2.10. The Morgan fingerprint density at radius 1 is 1.18 bits per heavy atom. The van der Waals surface area contributed by atoms with Gasteiger partial charge in [-0.2, -0.15) is 13.2 Å². The van der Waals surface area contributed by atoms with Crippen molar-refractivity contribution in [3.8, 4) is 0 Å². The van der Waals surface area contributed by atoms with Crippen LogP contribution in [0.15, 0.2) is 42.5 Å². The summed E-state index contributed by atoms with van der Waals surface area (Å²) in [6.07, 6.45) is -4.45. The summed E-state index contributed by atoms with van der Waals surface area (Å²) >= 11 is 0. The lowest BCUT2D eigenvalue weighted by atomic mass is 10.1. The molecule has 150 valence electrons. The van der Waals surface area contributed by atoms with Crippen LogP contribution in [0.4, 0.5) is 24.5 Å². The van der Waals surface area contributed by atoms with Gasteiger partial charge in [0, 0.05) is 19.7 Å². The highest BCUT2D eigenvalue weighted by Crippen LogP contribution is 2.29. The molecule has 0 fully saturated rings. The second kappa shape index (κ2) is 9.18. The summed E-state index contributed by atoms with van der Waals surface area (Å²) in [5.41, 5.74) is -0.583. The maximum absolute atomic E-state index is 12.5. The molecule has 2 rings (SSSR count). The van der Waals surface area contributed by atoms with Crippen molar-refractivity contribution in [2.75, 3.05) is 25.6 Å². The van der Waals surface area contributed by atoms with E-state index in [9.17, 15) is 28.1 Å². The third kappa shape index (κ3) is 5.68. The van der Waals surface area contributed by atoms with Crippen molar-refractivity contribution in [3.05, 3.63) is 69.3 Å². The highest BCUT2D eigenvalue weighted by molar-refractivity contribution is 5.91. The molecule has 7 nitrogen and oxygen atoms in total. The number of nitro benzene ring substituents is 1. The summed E-state index contributed by atoms with van der Waals surface area (Å²) in [4.78, 5) is 22.7. The van der Waals surface area contributed by atoms with Gasteiger partial charge in [-0.15, -0.1) is 0 Å². The van der Waals surface area contributed by atoms with E-state index in [0.29, 0.717) is 18.7 Å². The van der Waals surface area contributed by atoms with E-state index < -0.39 is 22.6 Å². The summed E-state index contributed by atoms with van der Waals surface area (Å²) in [5.74, 6) is -0.827. The Balaban J connectivity index is 2.05. The summed E-state index contributed by atoms with van der Waals surface area (Å²) in [6.45, 7) is 0.418. The zero-order chi connectivity index (χ0) is 20.7. The Morgan fingerprint density at radius 3 is 2.43 bits per heavy atom. The molecule has 28 heavy (non-hydrogen) atoms. The Morgan fingerprint density at radius 2 is 1.86 bits per heavy atom. The lowest BCUT2D eigenvalue weighted by molar-refractivity contribution is -0.384. The van der Waals surface area contributed by atoms with Crippen LogP contribution < -0.4 is 5.32 Å². The number of carbonyl (C=O) groups is 1. The minimum absolute atomic E-state index is 0.0455. The van der Waals surface area contributed by atoms with Gasteiger partial charge < -0.3 is 14.8 Å². The van der Waals surface area contributed by atoms with Crippen LogP contribution in [-0.2, 0) is 22.3 Å². The number of nitro groups is 1. The number of nitrogens with zero attached hydrogens (tertiary/aromatic N) is 1. The largest absolute Gasteiger partial charge is 0.457 e. The molecule has 0 aliphatic carbocycles. The van der Waals surface area contributed by atoms with E-state index in [1.54, 1.807) is 0 Å². The Labute approximate surface area is 158 Å². The SMILES string of the molecule is COCCNc1ccc(C(=O)OCc2ccc(C(F)(F)F)cc2)cc1[N+](=O)[O-]. The van der Waals surface area contributed by atoms with Crippen LogP contribution in [0.1, 0.15) is 21.5 Å². The number of hydrogen-bond acceptors (Lipinski definition) is 6. The molecule has 0 heterocycles. The van der Waals surface area contributed by atoms with Crippen molar-refractivity contribution in [2.45, 2.75) is 12.8 Å². The van der Waals surface area contributed by atoms with E-state index in [2.05, 4.69) is 5.32 Å². The van der Waals surface area contributed by atoms with Gasteiger partial charge in [0.25, 0.3) is 5.69 Å². The van der Waals surface area contributed by atoms with Crippen LogP contribution in [-0.4, -0.2) is 31.2 Å². The van der Waals surface area contributed by atoms with Crippen molar-refractivity contribution in [3.63, 3.8) is 0 Å². The number of rotatable bonds is 8. The van der Waals surface area contributed by atoms with Gasteiger partial charge in [-0.3, -0.25) is 10.1 Å². The number of carbonyl (C=O) groups excluding carboxylic acids is 1. The van der Waals surface area contributed by atoms with Crippen LogP contribution >= 0.6 is 0 Å². The number of halogens is 3. The maximum atomic E-state index is 12.5. The van der Waals surface area contributed by atoms with E-state index in [0.717, 1.165) is 18.2 Å². The normalized spacial score (nSPS) is 11.1. The first-order valence-electron chi connectivity index (χ1n) is 8.07. The molecule has 0 saturated carbocycles. The molecule has 0 aliphatic heterocycles. The van der Waals surface area contributed by atoms with Crippen LogP contribution in [0.5, 0.6) is 0 Å². The molecule has 0 unspecified atom stereocenters. The lowest BCUT2D eigenvalue weighted by Crippen LogP contribution is -2.11. The first kappa shape index (κ1) is 21.2. The molecule has 1 N–H and O–H groups in total. The molecule has 0 atom stereocenters. The number of anilines is 1. The van der Waals surface area contributed by atoms with Gasteiger partial charge in [0.15, 0.2) is 0 Å². The number of hydrogen-bond donors (Lipinski definition) is 1. The predicted molar refractivity (Wildman–Crippen MR) is 94.0 cm³/mol. The highest BCUT2D eigenvalue weighted by Gasteiger charge is 2.30. The standard InChI is InChI=1S/C18H17F3N2O5/c1-27-9-8-22-15-7-4-13(10-16(15)23(25)26)17(24)28-11-12-2-5-14(6-3-12)18(19,20)21/h2-7,10,22H,8-9,11H2,1H3. The van der Waals surface area contributed by atoms with Crippen molar-refractivity contribution < 1.29 is 32.4 Å². The zero-order valence-corrected chi connectivity index (χ0v) is 14.8. The molecule has 2 aromatic rings. The molecule has 0 radical (unpaired) electrons. The van der Waals surface area contributed by atoms with Crippen molar-refractivity contribution in [2.24, 2.45) is 0 Å². The quantitative estimate of drug-likeness (QED) is 0.313. The number of alkyl halides is 3. The molecule has 10 heteroatoms. The molecule has 0 saturated heterocycles. The van der Waals surface area contributed by atoms with Crippen molar-refractivity contribution in [1.82, 2.24) is 0 Å². The first-order chi connectivity index (χ1) is 13.2. The summed E-state index contributed by atoms with van der Waals surface area (Å²) in [6, 6.07) is 7.97. The molecule has 0 aromatic heterocycles. The number of ether oxygens (including phenoxy) is 2. The second-order valence-electron chi connectivity index (χ2n) is 5.68. The average Bonchev–Trinajstić information content (AvgIpc) is 2.66. The molecule has 0 amide bonds. The summed E-state index contributed by atoms with van der Waals surface area (Å²) in [5, 5.41) is 14.0. The van der Waals surface area contributed by atoms with Crippen molar-refractivity contribution >= 4 is 17.3 Å². The number of methoxy groups -OCH3 is 1. The van der Waals surface area contributed by atoms with E-state index in [-0.39, 0.29) is 23.5 Å². The molecule has 2 aromatic carbocycles. The fourth-order valence-electron chi connectivity index (χ4n) is 2.27. The number of esters is 1. The molecule has 0 spiro atoms. The zero-order valence-electron chi connectivity index (χ0n) is 14.8. The minimum Gasteiger partial charge on any atom is -0.457 e. The molecular formula is C18H17F3N2O5.